The van der Waals surface area contributed by atoms with E-state index in [1.807, 2.05) is 24.3 Å². The van der Waals surface area contributed by atoms with Crippen LogP contribution in [0.4, 0.5) is 29.3 Å². The van der Waals surface area contributed by atoms with Crippen molar-refractivity contribution in [3.05, 3.63) is 59.7 Å². The second-order valence-electron chi connectivity index (χ2n) is 7.16. The van der Waals surface area contributed by atoms with E-state index in [4.69, 9.17) is 0 Å². The summed E-state index contributed by atoms with van der Waals surface area (Å²) in [5.74, 6) is 0.387. The molecule has 0 radical (unpaired) electrons. The van der Waals surface area contributed by atoms with Crippen molar-refractivity contribution in [1.82, 2.24) is 5.32 Å². The third-order valence-corrected chi connectivity index (χ3v) is 5.10. The summed E-state index contributed by atoms with van der Waals surface area (Å²) in [6.07, 6.45) is -2.45. The van der Waals surface area contributed by atoms with Gasteiger partial charge in [-0.3, -0.25) is 0 Å². The summed E-state index contributed by atoms with van der Waals surface area (Å²) in [5.41, 5.74) is 1.56. The standard InChI is InChI=1S/C21H24F3N3O2/c22-21(23,24)17-3-5-18(6-4-17)26-20(29)25-13-15-1-7-19(8-2-15)27-11-9-16(14-28)10-12-27/h1-8,16,28H,9-14H2,(H2,25,26,29). The molecule has 156 valence electrons. The van der Waals surface area contributed by atoms with E-state index < -0.39 is 17.8 Å². The van der Waals surface area contributed by atoms with Gasteiger partial charge in [0.2, 0.25) is 0 Å². The number of carbonyl (C=O) groups is 1. The lowest BCUT2D eigenvalue weighted by molar-refractivity contribution is -0.137. The summed E-state index contributed by atoms with van der Waals surface area (Å²) in [6.45, 7) is 2.38. The second kappa shape index (κ2) is 9.17. The second-order valence-corrected chi connectivity index (χ2v) is 7.16. The number of aliphatic hydroxyl groups excluding tert-OH is 1. The number of anilines is 2. The van der Waals surface area contributed by atoms with Gasteiger partial charge in [0.15, 0.2) is 0 Å². The zero-order chi connectivity index (χ0) is 20.9. The monoisotopic (exact) mass is 407 g/mol. The zero-order valence-corrected chi connectivity index (χ0v) is 15.9. The van der Waals surface area contributed by atoms with E-state index in [2.05, 4.69) is 15.5 Å². The van der Waals surface area contributed by atoms with Gasteiger partial charge < -0.3 is 20.6 Å². The Hall–Kier alpha value is -2.74. The molecule has 1 fully saturated rings. The molecule has 3 N–H and O–H groups in total. The number of carbonyl (C=O) groups excluding carboxylic acids is 1. The third kappa shape index (κ3) is 5.87. The van der Waals surface area contributed by atoms with Gasteiger partial charge in [-0.05, 0) is 60.7 Å². The molecule has 29 heavy (non-hydrogen) atoms. The molecule has 1 heterocycles. The Bertz CT molecular complexity index is 799. The number of urea groups is 1. The van der Waals surface area contributed by atoms with Crippen LogP contribution in [0, 0.1) is 5.92 Å². The highest BCUT2D eigenvalue weighted by molar-refractivity contribution is 5.89. The highest BCUT2D eigenvalue weighted by atomic mass is 19.4. The molecule has 0 aliphatic carbocycles. The van der Waals surface area contributed by atoms with Crippen molar-refractivity contribution in [2.24, 2.45) is 5.92 Å². The molecule has 0 spiro atoms. The highest BCUT2D eigenvalue weighted by Crippen LogP contribution is 2.29. The molecule has 2 aromatic rings. The van der Waals surface area contributed by atoms with Gasteiger partial charge in [0.25, 0.3) is 0 Å². The molecule has 1 aliphatic rings. The summed E-state index contributed by atoms with van der Waals surface area (Å²) >= 11 is 0. The van der Waals surface area contributed by atoms with Gasteiger partial charge in [0, 0.05) is 37.6 Å². The maximum absolute atomic E-state index is 12.6. The first-order chi connectivity index (χ1) is 13.8. The molecule has 2 aromatic carbocycles. The SMILES string of the molecule is O=C(NCc1ccc(N2CCC(CO)CC2)cc1)Nc1ccc(C(F)(F)F)cc1. The molecule has 1 saturated heterocycles. The van der Waals surface area contributed by atoms with E-state index in [1.165, 1.54) is 12.1 Å². The van der Waals surface area contributed by atoms with Crippen LogP contribution in [0.1, 0.15) is 24.0 Å². The largest absolute Gasteiger partial charge is 0.416 e. The van der Waals surface area contributed by atoms with Gasteiger partial charge in [0.1, 0.15) is 0 Å². The zero-order valence-electron chi connectivity index (χ0n) is 15.9. The Kier molecular flexibility index (Phi) is 6.64. The van der Waals surface area contributed by atoms with Crippen LogP contribution in [0.25, 0.3) is 0 Å². The fraction of sp³-hybridized carbons (Fsp3) is 0.381. The molecule has 0 saturated carbocycles. The Morgan fingerprint density at radius 1 is 1.03 bits per heavy atom. The average molecular weight is 407 g/mol. The number of aliphatic hydroxyl groups is 1. The number of amides is 2. The van der Waals surface area contributed by atoms with E-state index in [9.17, 15) is 23.1 Å². The van der Waals surface area contributed by atoms with Crippen molar-refractivity contribution in [3.8, 4) is 0 Å². The lowest BCUT2D eigenvalue weighted by Crippen LogP contribution is -2.34. The number of piperidine rings is 1. The minimum atomic E-state index is -4.40. The average Bonchev–Trinajstić information content (AvgIpc) is 2.72. The number of nitrogens with zero attached hydrogens (tertiary/aromatic N) is 1. The summed E-state index contributed by atoms with van der Waals surface area (Å²) < 4.78 is 37.7. The molecule has 1 aliphatic heterocycles. The third-order valence-electron chi connectivity index (χ3n) is 5.10. The van der Waals surface area contributed by atoms with Gasteiger partial charge in [-0.15, -0.1) is 0 Å². The minimum absolute atomic E-state index is 0.243. The Morgan fingerprint density at radius 3 is 2.21 bits per heavy atom. The minimum Gasteiger partial charge on any atom is -0.396 e. The van der Waals surface area contributed by atoms with E-state index in [0.29, 0.717) is 12.5 Å². The van der Waals surface area contributed by atoms with E-state index >= 15 is 0 Å². The number of hydrogen-bond acceptors (Lipinski definition) is 3. The molecule has 0 aromatic heterocycles. The van der Waals surface area contributed by atoms with Gasteiger partial charge in [-0.1, -0.05) is 12.1 Å². The molecule has 5 nitrogen and oxygen atoms in total. The Labute approximate surface area is 167 Å². The lowest BCUT2D eigenvalue weighted by atomic mass is 9.97. The number of rotatable bonds is 5. The lowest BCUT2D eigenvalue weighted by Gasteiger charge is -2.33. The summed E-state index contributed by atoms with van der Waals surface area (Å²) in [7, 11) is 0. The quantitative estimate of drug-likeness (QED) is 0.695. The first kappa shape index (κ1) is 21.0. The van der Waals surface area contributed by atoms with Crippen LogP contribution >= 0.6 is 0 Å². The smallest absolute Gasteiger partial charge is 0.396 e. The fourth-order valence-corrected chi connectivity index (χ4v) is 3.30. The summed E-state index contributed by atoms with van der Waals surface area (Å²) in [5, 5.41) is 14.4. The van der Waals surface area contributed by atoms with Gasteiger partial charge in [-0.25, -0.2) is 4.79 Å². The Balaban J connectivity index is 1.46. The molecular weight excluding hydrogens is 383 g/mol. The first-order valence-electron chi connectivity index (χ1n) is 9.52. The van der Waals surface area contributed by atoms with Crippen LogP contribution in [0.5, 0.6) is 0 Å². The predicted molar refractivity (Wildman–Crippen MR) is 106 cm³/mol. The molecule has 8 heteroatoms. The van der Waals surface area contributed by atoms with Crippen molar-refractivity contribution in [2.45, 2.75) is 25.6 Å². The van der Waals surface area contributed by atoms with Crippen molar-refractivity contribution >= 4 is 17.4 Å². The van der Waals surface area contributed by atoms with Gasteiger partial charge in [0.05, 0.1) is 5.56 Å². The Morgan fingerprint density at radius 2 is 1.66 bits per heavy atom. The highest BCUT2D eigenvalue weighted by Gasteiger charge is 2.30. The van der Waals surface area contributed by atoms with Crippen LogP contribution < -0.4 is 15.5 Å². The topological polar surface area (TPSA) is 64.6 Å². The van der Waals surface area contributed by atoms with Gasteiger partial charge in [-0.2, -0.15) is 13.2 Å². The number of nitrogens with one attached hydrogen (secondary N) is 2. The van der Waals surface area contributed by atoms with Crippen molar-refractivity contribution in [3.63, 3.8) is 0 Å². The maximum atomic E-state index is 12.6. The molecule has 0 bridgehead atoms. The van der Waals surface area contributed by atoms with E-state index in [0.717, 1.165) is 49.3 Å². The molecular formula is C21H24F3N3O2. The predicted octanol–water partition coefficient (Wildman–Crippen LogP) is 4.24. The van der Waals surface area contributed by atoms with Crippen molar-refractivity contribution in [2.75, 3.05) is 29.9 Å². The van der Waals surface area contributed by atoms with Crippen LogP contribution in [-0.2, 0) is 12.7 Å². The molecule has 2 amide bonds. The van der Waals surface area contributed by atoms with Crippen LogP contribution in [0.3, 0.4) is 0 Å². The first-order valence-corrected chi connectivity index (χ1v) is 9.52. The summed E-state index contributed by atoms with van der Waals surface area (Å²) in [6, 6.07) is 11.7. The van der Waals surface area contributed by atoms with Crippen LogP contribution in [0.15, 0.2) is 48.5 Å². The van der Waals surface area contributed by atoms with Crippen LogP contribution in [0.2, 0.25) is 0 Å². The molecule has 0 atom stereocenters. The van der Waals surface area contributed by atoms with Crippen molar-refractivity contribution in [1.29, 1.82) is 0 Å². The summed E-state index contributed by atoms with van der Waals surface area (Å²) in [4.78, 5) is 14.2. The molecule has 3 rings (SSSR count). The van der Waals surface area contributed by atoms with Crippen molar-refractivity contribution < 1.29 is 23.1 Å². The van der Waals surface area contributed by atoms with E-state index in [-0.39, 0.29) is 12.3 Å². The number of halogens is 3. The molecule has 0 unspecified atom stereocenters. The number of hydrogen-bond donors (Lipinski definition) is 3. The number of alkyl halides is 3. The fourth-order valence-electron chi connectivity index (χ4n) is 3.30. The maximum Gasteiger partial charge on any atom is 0.416 e. The normalized spacial score (nSPS) is 15.2. The van der Waals surface area contributed by atoms with E-state index in [1.54, 1.807) is 0 Å². The van der Waals surface area contributed by atoms with Crippen LogP contribution in [-0.4, -0.2) is 30.8 Å². The van der Waals surface area contributed by atoms with Gasteiger partial charge >= 0.3 is 12.2 Å². The number of benzene rings is 2.